The molecular formula is C14H15FN2O2. The van der Waals surface area contributed by atoms with Crippen molar-refractivity contribution in [3.05, 3.63) is 30.1 Å². The van der Waals surface area contributed by atoms with Gasteiger partial charge in [0.2, 0.25) is 5.91 Å². The lowest BCUT2D eigenvalue weighted by Crippen LogP contribution is -2.39. The molecule has 1 aromatic carbocycles. The predicted octanol–water partition coefficient (Wildman–Crippen LogP) is 1.46. The fourth-order valence-corrected chi connectivity index (χ4v) is 2.28. The second-order valence-corrected chi connectivity index (χ2v) is 5.15. The van der Waals surface area contributed by atoms with Crippen LogP contribution in [0, 0.1) is 11.7 Å². The molecule has 0 radical (unpaired) electrons. The number of imide groups is 1. The summed E-state index contributed by atoms with van der Waals surface area (Å²) in [4.78, 5) is 25.2. The van der Waals surface area contributed by atoms with Gasteiger partial charge < -0.3 is 5.32 Å². The van der Waals surface area contributed by atoms with Crippen LogP contribution in [0.3, 0.4) is 0 Å². The van der Waals surface area contributed by atoms with Crippen LogP contribution in [0.5, 0.6) is 0 Å². The molecule has 1 saturated heterocycles. The largest absolute Gasteiger partial charge is 0.305 e. The van der Waals surface area contributed by atoms with E-state index < -0.39 is 6.04 Å². The molecule has 19 heavy (non-hydrogen) atoms. The number of halogens is 1. The van der Waals surface area contributed by atoms with Crippen molar-refractivity contribution in [2.75, 3.05) is 11.4 Å². The Morgan fingerprint density at radius 3 is 2.53 bits per heavy atom. The Morgan fingerprint density at radius 2 is 1.89 bits per heavy atom. The van der Waals surface area contributed by atoms with Gasteiger partial charge in [-0.2, -0.15) is 0 Å². The third-order valence-corrected chi connectivity index (χ3v) is 3.58. The maximum Gasteiger partial charge on any atom is 0.251 e. The van der Waals surface area contributed by atoms with Crippen molar-refractivity contribution in [1.82, 2.24) is 5.32 Å². The van der Waals surface area contributed by atoms with Gasteiger partial charge in [0.25, 0.3) is 5.91 Å². The molecule has 4 nitrogen and oxygen atoms in total. The molecule has 1 atom stereocenters. The summed E-state index contributed by atoms with van der Waals surface area (Å²) in [5, 5.41) is 3.15. The number of carbonyl (C=O) groups is 2. The fraction of sp³-hybridized carbons (Fsp3) is 0.429. The highest BCUT2D eigenvalue weighted by Gasteiger charge is 2.39. The summed E-state index contributed by atoms with van der Waals surface area (Å²) in [5.41, 5.74) is 0.437. The third-order valence-electron chi connectivity index (χ3n) is 3.58. The molecule has 1 aliphatic heterocycles. The number of rotatable bonds is 4. The first kappa shape index (κ1) is 12.3. The minimum absolute atomic E-state index is 0.183. The highest BCUT2D eigenvalue weighted by molar-refractivity contribution is 6.22. The van der Waals surface area contributed by atoms with E-state index >= 15 is 0 Å². The van der Waals surface area contributed by atoms with Gasteiger partial charge in [-0.3, -0.25) is 9.59 Å². The minimum Gasteiger partial charge on any atom is -0.305 e. The van der Waals surface area contributed by atoms with Gasteiger partial charge in [-0.1, -0.05) is 0 Å². The van der Waals surface area contributed by atoms with Gasteiger partial charge in [0, 0.05) is 0 Å². The van der Waals surface area contributed by atoms with Gasteiger partial charge in [0.15, 0.2) is 0 Å². The normalized spacial score (nSPS) is 23.2. The number of nitrogens with one attached hydrogen (secondary N) is 1. The Morgan fingerprint density at radius 1 is 1.21 bits per heavy atom. The molecule has 1 aromatic rings. The standard InChI is InChI=1S/C14H15FN2O2/c15-10-3-5-11(6-4-10)17-13(18)7-12(14(17)19)16-8-9-1-2-9/h3-6,9,12,16H,1-2,7-8H2/t12-/m1/s1. The van der Waals surface area contributed by atoms with Gasteiger partial charge in [0.1, 0.15) is 5.82 Å². The van der Waals surface area contributed by atoms with Crippen LogP contribution in [0.15, 0.2) is 24.3 Å². The lowest BCUT2D eigenvalue weighted by molar-refractivity contribution is -0.121. The quantitative estimate of drug-likeness (QED) is 0.836. The van der Waals surface area contributed by atoms with Crippen molar-refractivity contribution in [2.45, 2.75) is 25.3 Å². The van der Waals surface area contributed by atoms with Crippen LogP contribution in [0.4, 0.5) is 10.1 Å². The van der Waals surface area contributed by atoms with Gasteiger partial charge in [-0.05, 0) is 49.6 Å². The summed E-state index contributed by atoms with van der Waals surface area (Å²) in [6.07, 6.45) is 2.58. The zero-order chi connectivity index (χ0) is 13.4. The summed E-state index contributed by atoms with van der Waals surface area (Å²) >= 11 is 0. The molecule has 2 fully saturated rings. The molecule has 0 spiro atoms. The molecule has 3 rings (SSSR count). The molecule has 0 aromatic heterocycles. The lowest BCUT2D eigenvalue weighted by atomic mass is 10.2. The van der Waals surface area contributed by atoms with E-state index in [0.29, 0.717) is 11.6 Å². The second kappa shape index (κ2) is 4.74. The lowest BCUT2D eigenvalue weighted by Gasteiger charge is -2.15. The van der Waals surface area contributed by atoms with Gasteiger partial charge >= 0.3 is 0 Å². The Bertz CT molecular complexity index is 511. The van der Waals surface area contributed by atoms with Gasteiger partial charge in [-0.25, -0.2) is 9.29 Å². The number of anilines is 1. The number of amides is 2. The third kappa shape index (κ3) is 2.51. The van der Waals surface area contributed by atoms with E-state index in [9.17, 15) is 14.0 Å². The van der Waals surface area contributed by atoms with Crippen LogP contribution in [-0.2, 0) is 9.59 Å². The van der Waals surface area contributed by atoms with Crippen LogP contribution in [0.25, 0.3) is 0 Å². The second-order valence-electron chi connectivity index (χ2n) is 5.15. The summed E-state index contributed by atoms with van der Waals surface area (Å²) in [5.74, 6) is -0.198. The Labute approximate surface area is 110 Å². The monoisotopic (exact) mass is 262 g/mol. The fourth-order valence-electron chi connectivity index (χ4n) is 2.28. The van der Waals surface area contributed by atoms with E-state index in [1.54, 1.807) is 0 Å². The number of nitrogens with zero attached hydrogens (tertiary/aromatic N) is 1. The molecule has 0 bridgehead atoms. The first-order chi connectivity index (χ1) is 9.15. The number of benzene rings is 1. The highest BCUT2D eigenvalue weighted by Crippen LogP contribution is 2.29. The van der Waals surface area contributed by atoms with Crippen LogP contribution in [-0.4, -0.2) is 24.4 Å². The van der Waals surface area contributed by atoms with Crippen molar-refractivity contribution >= 4 is 17.5 Å². The SMILES string of the molecule is O=C1C[C@@H](NCC2CC2)C(=O)N1c1ccc(F)cc1. The molecule has 1 aliphatic carbocycles. The van der Waals surface area contributed by atoms with Crippen molar-refractivity contribution in [1.29, 1.82) is 0 Å². The van der Waals surface area contributed by atoms with E-state index in [1.165, 1.54) is 37.1 Å². The van der Waals surface area contributed by atoms with Crippen LogP contribution < -0.4 is 10.2 Å². The van der Waals surface area contributed by atoms with E-state index in [-0.39, 0.29) is 24.1 Å². The van der Waals surface area contributed by atoms with Crippen molar-refractivity contribution in [2.24, 2.45) is 5.92 Å². The highest BCUT2D eigenvalue weighted by atomic mass is 19.1. The number of hydrogen-bond donors (Lipinski definition) is 1. The summed E-state index contributed by atoms with van der Waals surface area (Å²) in [6.45, 7) is 0.793. The van der Waals surface area contributed by atoms with E-state index in [2.05, 4.69) is 5.32 Å². The molecule has 100 valence electrons. The molecule has 5 heteroatoms. The zero-order valence-corrected chi connectivity index (χ0v) is 10.4. The smallest absolute Gasteiger partial charge is 0.251 e. The molecule has 2 aliphatic rings. The van der Waals surface area contributed by atoms with Crippen LogP contribution in [0.1, 0.15) is 19.3 Å². The maximum absolute atomic E-state index is 12.9. The molecule has 1 saturated carbocycles. The van der Waals surface area contributed by atoms with Gasteiger partial charge in [0.05, 0.1) is 18.2 Å². The minimum atomic E-state index is -0.432. The predicted molar refractivity (Wildman–Crippen MR) is 68.0 cm³/mol. The van der Waals surface area contributed by atoms with E-state index in [0.717, 1.165) is 11.4 Å². The molecule has 1 heterocycles. The molecule has 0 unspecified atom stereocenters. The maximum atomic E-state index is 12.9. The number of hydrogen-bond acceptors (Lipinski definition) is 3. The average molecular weight is 262 g/mol. The average Bonchev–Trinajstić information content (AvgIpc) is 3.16. The topological polar surface area (TPSA) is 49.4 Å². The Kier molecular flexibility index (Phi) is 3.06. The zero-order valence-electron chi connectivity index (χ0n) is 10.4. The van der Waals surface area contributed by atoms with Crippen molar-refractivity contribution in [3.8, 4) is 0 Å². The van der Waals surface area contributed by atoms with Crippen molar-refractivity contribution < 1.29 is 14.0 Å². The first-order valence-electron chi connectivity index (χ1n) is 6.51. The van der Waals surface area contributed by atoms with Crippen molar-refractivity contribution in [3.63, 3.8) is 0 Å². The summed E-state index contributed by atoms with van der Waals surface area (Å²) in [7, 11) is 0. The van der Waals surface area contributed by atoms with Crippen LogP contribution >= 0.6 is 0 Å². The van der Waals surface area contributed by atoms with E-state index in [4.69, 9.17) is 0 Å². The van der Waals surface area contributed by atoms with E-state index in [1.807, 2.05) is 0 Å². The summed E-state index contributed by atoms with van der Waals surface area (Å²) in [6, 6.07) is 4.97. The Hall–Kier alpha value is -1.75. The molecular weight excluding hydrogens is 247 g/mol. The summed E-state index contributed by atoms with van der Waals surface area (Å²) < 4.78 is 12.9. The van der Waals surface area contributed by atoms with Crippen LogP contribution in [0.2, 0.25) is 0 Å². The number of carbonyl (C=O) groups excluding carboxylic acids is 2. The first-order valence-corrected chi connectivity index (χ1v) is 6.51. The Balaban J connectivity index is 1.72. The molecule has 1 N–H and O–H groups in total. The molecule has 2 amide bonds. The van der Waals surface area contributed by atoms with Gasteiger partial charge in [-0.15, -0.1) is 0 Å².